The number of alkyl halides is 1. The second-order valence-electron chi connectivity index (χ2n) is 10.3. The number of benzene rings is 1. The smallest absolute Gasteiger partial charge is 0.324 e. The predicted octanol–water partition coefficient (Wildman–Crippen LogP) is 6.93. The first-order valence-corrected chi connectivity index (χ1v) is 14.8. The van der Waals surface area contributed by atoms with Crippen molar-refractivity contribution in [3.8, 4) is 0 Å². The largest absolute Gasteiger partial charge is 0.354 e. The van der Waals surface area contributed by atoms with Gasteiger partial charge in [-0.05, 0) is 30.5 Å². The summed E-state index contributed by atoms with van der Waals surface area (Å²) in [7, 11) is -7.64. The lowest BCUT2D eigenvalue weighted by Crippen LogP contribution is -2.32. The van der Waals surface area contributed by atoms with Crippen molar-refractivity contribution in [1.29, 1.82) is 0 Å². The Bertz CT molecular complexity index is 1090. The Labute approximate surface area is 200 Å². The lowest BCUT2D eigenvalue weighted by Gasteiger charge is -2.42. The Balaban J connectivity index is 1.82. The molecule has 1 aromatic carbocycles. The van der Waals surface area contributed by atoms with E-state index in [1.54, 1.807) is 19.7 Å². The van der Waals surface area contributed by atoms with Crippen molar-refractivity contribution in [2.45, 2.75) is 39.0 Å². The molecule has 0 bridgehead atoms. The van der Waals surface area contributed by atoms with E-state index in [2.05, 4.69) is 0 Å². The fraction of sp³-hybridized carbons (Fsp3) is 0.500. The standard InChI is InChI=1S/C24H31ClO6P2/c1-23(2)15-29-32(26,30-16-23)13-21-17-9-5-7-11-19(17)22(20-12-8-6-10-18(20)21)33(27,28)31-24(3,4)14-25/h5-13,17,19,22H,14-16H2,1-4H3,(H,27,28)/b21-13-. The van der Waals surface area contributed by atoms with Gasteiger partial charge in [-0.2, -0.15) is 0 Å². The summed E-state index contributed by atoms with van der Waals surface area (Å²) in [5, 5.41) is 0. The molecular formula is C24H31ClO6P2. The van der Waals surface area contributed by atoms with Crippen LogP contribution in [0.15, 0.2) is 54.4 Å². The highest BCUT2D eigenvalue weighted by atomic mass is 35.5. The Morgan fingerprint density at radius 1 is 1.24 bits per heavy atom. The number of hydrogen-bond donors (Lipinski definition) is 1. The highest BCUT2D eigenvalue weighted by Crippen LogP contribution is 2.68. The van der Waals surface area contributed by atoms with Crippen LogP contribution in [0.4, 0.5) is 0 Å². The highest BCUT2D eigenvalue weighted by Gasteiger charge is 2.50. The van der Waals surface area contributed by atoms with E-state index in [1.165, 1.54) is 0 Å². The molecule has 9 heteroatoms. The third-order valence-electron chi connectivity index (χ3n) is 6.11. The Kier molecular flexibility index (Phi) is 6.79. The second-order valence-corrected chi connectivity index (χ2v) is 14.3. The molecule has 0 radical (unpaired) electrons. The zero-order chi connectivity index (χ0) is 24.1. The third-order valence-corrected chi connectivity index (χ3v) is 10.4. The summed E-state index contributed by atoms with van der Waals surface area (Å²) >= 11 is 5.99. The van der Waals surface area contributed by atoms with Crippen molar-refractivity contribution in [1.82, 2.24) is 0 Å². The van der Waals surface area contributed by atoms with Crippen LogP contribution in [0, 0.1) is 17.3 Å². The lowest BCUT2D eigenvalue weighted by molar-refractivity contribution is 0.0457. The number of halogens is 1. The topological polar surface area (TPSA) is 82.1 Å². The van der Waals surface area contributed by atoms with Crippen LogP contribution >= 0.6 is 26.8 Å². The van der Waals surface area contributed by atoms with Gasteiger partial charge in [-0.3, -0.25) is 9.13 Å². The average Bonchev–Trinajstić information content (AvgIpc) is 2.75. The van der Waals surface area contributed by atoms with Gasteiger partial charge in [-0.25, -0.2) is 0 Å². The molecule has 0 aromatic heterocycles. The summed E-state index contributed by atoms with van der Waals surface area (Å²) in [6.45, 7) is 8.04. The molecule has 4 atom stereocenters. The Morgan fingerprint density at radius 3 is 2.55 bits per heavy atom. The minimum atomic E-state index is -4.16. The van der Waals surface area contributed by atoms with Crippen molar-refractivity contribution in [2.24, 2.45) is 17.3 Å². The average molecular weight is 513 g/mol. The predicted molar refractivity (Wildman–Crippen MR) is 131 cm³/mol. The fourth-order valence-electron chi connectivity index (χ4n) is 4.48. The van der Waals surface area contributed by atoms with E-state index in [0.717, 1.165) is 11.1 Å². The van der Waals surface area contributed by atoms with Crippen LogP contribution in [0.5, 0.6) is 0 Å². The minimum Gasteiger partial charge on any atom is -0.324 e. The minimum absolute atomic E-state index is 0.0785. The van der Waals surface area contributed by atoms with Crippen LogP contribution in [0.25, 0.3) is 5.57 Å². The maximum absolute atomic E-state index is 13.7. The monoisotopic (exact) mass is 512 g/mol. The number of fused-ring (bicyclic) bond motifs is 2. The third kappa shape index (κ3) is 5.18. The van der Waals surface area contributed by atoms with E-state index in [1.807, 2.05) is 62.4 Å². The van der Waals surface area contributed by atoms with Crippen LogP contribution in [-0.2, 0) is 22.7 Å². The van der Waals surface area contributed by atoms with Gasteiger partial charge in [0.1, 0.15) is 0 Å². The van der Waals surface area contributed by atoms with E-state index in [4.69, 9.17) is 25.2 Å². The molecule has 3 aliphatic rings. The molecule has 1 saturated heterocycles. The van der Waals surface area contributed by atoms with Gasteiger partial charge in [-0.15, -0.1) is 11.6 Å². The lowest BCUT2D eigenvalue weighted by atomic mass is 9.71. The van der Waals surface area contributed by atoms with Crippen molar-refractivity contribution in [3.05, 3.63) is 65.5 Å². The first-order valence-electron chi connectivity index (χ1n) is 11.0. The molecule has 2 aliphatic carbocycles. The molecule has 0 saturated carbocycles. The van der Waals surface area contributed by atoms with Gasteiger partial charge >= 0.3 is 15.2 Å². The summed E-state index contributed by atoms with van der Waals surface area (Å²) in [5.41, 5.74) is 0.206. The zero-order valence-electron chi connectivity index (χ0n) is 19.3. The van der Waals surface area contributed by atoms with Gasteiger partial charge in [-0.1, -0.05) is 62.4 Å². The van der Waals surface area contributed by atoms with Gasteiger partial charge in [0, 0.05) is 23.1 Å². The van der Waals surface area contributed by atoms with Crippen LogP contribution in [0.2, 0.25) is 0 Å². The van der Waals surface area contributed by atoms with Crippen molar-refractivity contribution >= 4 is 32.4 Å². The molecule has 6 nitrogen and oxygen atoms in total. The molecule has 1 fully saturated rings. The first kappa shape index (κ1) is 25.1. The second kappa shape index (κ2) is 8.91. The Hall–Kier alpha value is -0.970. The molecule has 1 N–H and O–H groups in total. The summed E-state index contributed by atoms with van der Waals surface area (Å²) < 4.78 is 44.4. The first-order chi connectivity index (χ1) is 15.4. The molecule has 4 rings (SSSR count). The highest BCUT2D eigenvalue weighted by molar-refractivity contribution is 7.57. The number of rotatable bonds is 5. The van der Waals surface area contributed by atoms with Crippen LogP contribution in [0.1, 0.15) is 44.5 Å². The number of hydrogen-bond acceptors (Lipinski definition) is 5. The molecule has 180 valence electrons. The molecule has 33 heavy (non-hydrogen) atoms. The van der Waals surface area contributed by atoms with Gasteiger partial charge < -0.3 is 18.5 Å². The Morgan fingerprint density at radius 2 is 1.88 bits per heavy atom. The molecule has 0 amide bonds. The van der Waals surface area contributed by atoms with Crippen LogP contribution in [-0.4, -0.2) is 29.6 Å². The van der Waals surface area contributed by atoms with E-state index in [9.17, 15) is 14.0 Å². The van der Waals surface area contributed by atoms with E-state index >= 15 is 0 Å². The maximum Gasteiger partial charge on any atom is 0.354 e. The van der Waals surface area contributed by atoms with Crippen LogP contribution < -0.4 is 0 Å². The van der Waals surface area contributed by atoms with Gasteiger partial charge in [0.25, 0.3) is 0 Å². The maximum atomic E-state index is 13.7. The molecule has 0 spiro atoms. The van der Waals surface area contributed by atoms with Gasteiger partial charge in [0.05, 0.1) is 30.4 Å². The summed E-state index contributed by atoms with van der Waals surface area (Å²) in [6.07, 6.45) is 7.64. The molecule has 4 unspecified atom stereocenters. The van der Waals surface area contributed by atoms with Crippen molar-refractivity contribution in [3.63, 3.8) is 0 Å². The van der Waals surface area contributed by atoms with E-state index < -0.39 is 26.5 Å². The van der Waals surface area contributed by atoms with Gasteiger partial charge in [0.2, 0.25) is 0 Å². The molecule has 1 aliphatic heterocycles. The summed E-state index contributed by atoms with van der Waals surface area (Å²) in [4.78, 5) is 11.2. The van der Waals surface area contributed by atoms with Crippen LogP contribution in [0.3, 0.4) is 0 Å². The SMILES string of the molecule is CC1(C)COP(=O)(/C=C2\c3ccccc3C(P(=O)(O)OC(C)(C)CCl)C3C=CC=CC23)OC1. The summed E-state index contributed by atoms with van der Waals surface area (Å²) in [5.74, 6) is 1.02. The molecule has 1 aromatic rings. The zero-order valence-corrected chi connectivity index (χ0v) is 21.9. The summed E-state index contributed by atoms with van der Waals surface area (Å²) in [6, 6.07) is 7.40. The van der Waals surface area contributed by atoms with Crippen molar-refractivity contribution < 1.29 is 27.6 Å². The number of allylic oxidation sites excluding steroid dienone is 5. The quantitative estimate of drug-likeness (QED) is 0.340. The van der Waals surface area contributed by atoms with Crippen molar-refractivity contribution in [2.75, 3.05) is 19.1 Å². The van der Waals surface area contributed by atoms with Gasteiger partial charge in [0.15, 0.2) is 0 Å². The molecule has 1 heterocycles. The van der Waals surface area contributed by atoms with E-state index in [0.29, 0.717) is 18.8 Å². The van der Waals surface area contributed by atoms with E-state index in [-0.39, 0.29) is 23.1 Å². The normalized spacial score (nSPS) is 31.0. The molecular weight excluding hydrogens is 482 g/mol. The fourth-order valence-corrected chi connectivity index (χ4v) is 8.73.